The predicted octanol–water partition coefficient (Wildman–Crippen LogP) is 5.32. The fourth-order valence-corrected chi connectivity index (χ4v) is 5.77. The van der Waals surface area contributed by atoms with Crippen LogP contribution in [0.5, 0.6) is 0 Å². The summed E-state index contributed by atoms with van der Waals surface area (Å²) in [6.07, 6.45) is 5.28. The molecule has 0 spiro atoms. The number of nitrogens with zero attached hydrogens (tertiary/aromatic N) is 4. The van der Waals surface area contributed by atoms with E-state index in [0.717, 1.165) is 59.4 Å². The number of para-hydroxylation sites is 1. The highest BCUT2D eigenvalue weighted by molar-refractivity contribution is 8.00. The van der Waals surface area contributed by atoms with Gasteiger partial charge in [-0.15, -0.1) is 21.5 Å². The van der Waals surface area contributed by atoms with Crippen molar-refractivity contribution in [1.82, 2.24) is 19.7 Å². The van der Waals surface area contributed by atoms with E-state index >= 15 is 0 Å². The first kappa shape index (κ1) is 21.2. The standard InChI is InChI=1S/C24H25N5OS2/c1-16(31-24-28-27-21-9-3-2-6-14-29(21)24)23(30)25-18-12-10-17(11-13-18)15-22-26-19-7-4-5-8-20(19)32-22/h4-5,7-8,10-13,16H,2-3,6,9,14-15H2,1H3,(H,25,30)/t16-/m0/s1. The molecule has 32 heavy (non-hydrogen) atoms. The number of thiazole rings is 1. The molecular formula is C24H25N5OS2. The largest absolute Gasteiger partial charge is 0.325 e. The summed E-state index contributed by atoms with van der Waals surface area (Å²) >= 11 is 3.21. The highest BCUT2D eigenvalue weighted by atomic mass is 32.2. The van der Waals surface area contributed by atoms with Crippen LogP contribution in [0.1, 0.15) is 42.6 Å². The average Bonchev–Trinajstić information content (AvgIpc) is 3.29. The van der Waals surface area contributed by atoms with Crippen LogP contribution in [0.2, 0.25) is 0 Å². The minimum Gasteiger partial charge on any atom is -0.325 e. The molecule has 0 bridgehead atoms. The Hall–Kier alpha value is -2.71. The van der Waals surface area contributed by atoms with Gasteiger partial charge < -0.3 is 9.88 Å². The summed E-state index contributed by atoms with van der Waals surface area (Å²) in [5.41, 5.74) is 3.03. The first-order chi connectivity index (χ1) is 15.7. The molecule has 6 nitrogen and oxygen atoms in total. The number of fused-ring (bicyclic) bond motifs is 2. The molecule has 0 saturated carbocycles. The van der Waals surface area contributed by atoms with Gasteiger partial charge in [-0.3, -0.25) is 4.79 Å². The van der Waals surface area contributed by atoms with Crippen LogP contribution < -0.4 is 5.32 Å². The number of rotatable bonds is 6. The smallest absolute Gasteiger partial charge is 0.237 e. The van der Waals surface area contributed by atoms with Gasteiger partial charge in [-0.25, -0.2) is 4.98 Å². The van der Waals surface area contributed by atoms with Gasteiger partial charge in [-0.05, 0) is 49.6 Å². The summed E-state index contributed by atoms with van der Waals surface area (Å²) < 4.78 is 3.39. The summed E-state index contributed by atoms with van der Waals surface area (Å²) in [7, 11) is 0. The molecule has 164 valence electrons. The number of hydrogen-bond acceptors (Lipinski definition) is 6. The van der Waals surface area contributed by atoms with Crippen molar-refractivity contribution in [2.24, 2.45) is 0 Å². The van der Waals surface area contributed by atoms with Crippen LogP contribution in [-0.4, -0.2) is 30.9 Å². The molecule has 8 heteroatoms. The Morgan fingerprint density at radius 3 is 2.81 bits per heavy atom. The molecule has 0 saturated heterocycles. The molecule has 1 amide bonds. The second-order valence-corrected chi connectivity index (χ2v) is 10.5. The third-order valence-electron chi connectivity index (χ3n) is 5.64. The lowest BCUT2D eigenvalue weighted by molar-refractivity contribution is -0.115. The predicted molar refractivity (Wildman–Crippen MR) is 130 cm³/mol. The average molecular weight is 464 g/mol. The Balaban J connectivity index is 1.19. The maximum atomic E-state index is 12.8. The van der Waals surface area contributed by atoms with Crippen LogP contribution in [0, 0.1) is 0 Å². The summed E-state index contributed by atoms with van der Waals surface area (Å²) in [5, 5.41) is 13.4. The Labute approximate surface area is 195 Å². The molecule has 1 atom stereocenters. The molecular weight excluding hydrogens is 438 g/mol. The fraction of sp³-hybridized carbons (Fsp3) is 0.333. The van der Waals surface area contributed by atoms with Gasteiger partial charge in [0.05, 0.1) is 20.5 Å². The molecule has 3 heterocycles. The van der Waals surface area contributed by atoms with E-state index in [1.54, 1.807) is 11.3 Å². The fourth-order valence-electron chi connectivity index (χ4n) is 3.88. The van der Waals surface area contributed by atoms with Crippen molar-refractivity contribution in [2.45, 2.75) is 56.0 Å². The van der Waals surface area contributed by atoms with E-state index in [2.05, 4.69) is 38.3 Å². The number of carbonyl (C=O) groups excluding carboxylic acids is 1. The number of amides is 1. The lowest BCUT2D eigenvalue weighted by atomic mass is 10.1. The molecule has 0 aliphatic carbocycles. The van der Waals surface area contributed by atoms with Crippen LogP contribution in [0.3, 0.4) is 0 Å². The molecule has 1 N–H and O–H groups in total. The minimum absolute atomic E-state index is 0.0279. The topological polar surface area (TPSA) is 72.7 Å². The van der Waals surface area contributed by atoms with Crippen LogP contribution in [-0.2, 0) is 24.2 Å². The number of aryl methyl sites for hydroxylation is 1. The molecule has 0 fully saturated rings. The number of aromatic nitrogens is 4. The van der Waals surface area contributed by atoms with Crippen LogP contribution >= 0.6 is 23.1 Å². The SMILES string of the molecule is C[C@H](Sc1nnc2n1CCCCC2)C(=O)Nc1ccc(Cc2nc3ccccc3s2)cc1. The quantitative estimate of drug-likeness (QED) is 0.392. The molecule has 0 unspecified atom stereocenters. The Morgan fingerprint density at radius 1 is 1.12 bits per heavy atom. The van der Waals surface area contributed by atoms with E-state index in [-0.39, 0.29) is 11.2 Å². The lowest BCUT2D eigenvalue weighted by Gasteiger charge is -2.13. The van der Waals surface area contributed by atoms with Crippen molar-refractivity contribution in [1.29, 1.82) is 0 Å². The second kappa shape index (κ2) is 9.42. The maximum Gasteiger partial charge on any atom is 0.237 e. The van der Waals surface area contributed by atoms with Gasteiger partial charge in [-0.2, -0.15) is 0 Å². The van der Waals surface area contributed by atoms with Crippen molar-refractivity contribution in [3.05, 3.63) is 64.9 Å². The zero-order valence-corrected chi connectivity index (χ0v) is 19.6. The molecule has 0 radical (unpaired) electrons. The number of hydrogen-bond donors (Lipinski definition) is 1. The summed E-state index contributed by atoms with van der Waals surface area (Å²) in [5.74, 6) is 1.02. The van der Waals surface area contributed by atoms with E-state index < -0.39 is 0 Å². The van der Waals surface area contributed by atoms with Gasteiger partial charge >= 0.3 is 0 Å². The lowest BCUT2D eigenvalue weighted by Crippen LogP contribution is -2.23. The van der Waals surface area contributed by atoms with E-state index in [9.17, 15) is 4.79 Å². The number of nitrogens with one attached hydrogen (secondary N) is 1. The molecule has 2 aromatic carbocycles. The van der Waals surface area contributed by atoms with E-state index in [4.69, 9.17) is 4.98 Å². The first-order valence-corrected chi connectivity index (χ1v) is 12.7. The third kappa shape index (κ3) is 4.71. The zero-order chi connectivity index (χ0) is 21.9. The van der Waals surface area contributed by atoms with Gasteiger partial charge in [0.1, 0.15) is 5.82 Å². The maximum absolute atomic E-state index is 12.8. The van der Waals surface area contributed by atoms with Gasteiger partial charge in [0.2, 0.25) is 5.91 Å². The number of benzene rings is 2. The summed E-state index contributed by atoms with van der Waals surface area (Å²) in [6, 6.07) is 16.2. The van der Waals surface area contributed by atoms with Gasteiger partial charge in [0.25, 0.3) is 0 Å². The van der Waals surface area contributed by atoms with Crippen molar-refractivity contribution >= 4 is 44.9 Å². The minimum atomic E-state index is -0.256. The second-order valence-electron chi connectivity index (χ2n) is 8.06. The molecule has 5 rings (SSSR count). The molecule has 1 aliphatic rings. The van der Waals surface area contributed by atoms with Gasteiger partial charge in [0.15, 0.2) is 5.16 Å². The van der Waals surface area contributed by atoms with E-state index in [1.807, 2.05) is 37.3 Å². The normalized spacial score (nSPS) is 14.7. The number of thioether (sulfide) groups is 1. The zero-order valence-electron chi connectivity index (χ0n) is 18.0. The third-order valence-corrected chi connectivity index (χ3v) is 7.76. The summed E-state index contributed by atoms with van der Waals surface area (Å²) in [4.78, 5) is 17.5. The van der Waals surface area contributed by atoms with Gasteiger partial charge in [-0.1, -0.05) is 42.4 Å². The van der Waals surface area contributed by atoms with Crippen molar-refractivity contribution in [3.8, 4) is 0 Å². The Bertz CT molecular complexity index is 1200. The van der Waals surface area contributed by atoms with Gasteiger partial charge in [0, 0.05) is 25.1 Å². The van der Waals surface area contributed by atoms with Crippen molar-refractivity contribution in [3.63, 3.8) is 0 Å². The highest BCUT2D eigenvalue weighted by Crippen LogP contribution is 2.27. The molecule has 1 aliphatic heterocycles. The van der Waals surface area contributed by atoms with E-state index in [0.29, 0.717) is 0 Å². The van der Waals surface area contributed by atoms with Crippen LogP contribution in [0.15, 0.2) is 53.7 Å². The first-order valence-electron chi connectivity index (χ1n) is 11.0. The molecule has 4 aromatic rings. The van der Waals surface area contributed by atoms with Crippen molar-refractivity contribution in [2.75, 3.05) is 5.32 Å². The highest BCUT2D eigenvalue weighted by Gasteiger charge is 2.21. The van der Waals surface area contributed by atoms with Crippen molar-refractivity contribution < 1.29 is 4.79 Å². The number of carbonyl (C=O) groups is 1. The van der Waals surface area contributed by atoms with Crippen LogP contribution in [0.25, 0.3) is 10.2 Å². The molecule has 2 aromatic heterocycles. The summed E-state index contributed by atoms with van der Waals surface area (Å²) in [6.45, 7) is 2.86. The monoisotopic (exact) mass is 463 g/mol. The van der Waals surface area contributed by atoms with E-state index in [1.165, 1.54) is 28.4 Å². The number of anilines is 1. The van der Waals surface area contributed by atoms with Crippen LogP contribution in [0.4, 0.5) is 5.69 Å². The Kier molecular flexibility index (Phi) is 6.23. The Morgan fingerprint density at radius 2 is 1.97 bits per heavy atom.